The Hall–Kier alpha value is -1.37. The van der Waals surface area contributed by atoms with E-state index in [2.05, 4.69) is 43.8 Å². The molecule has 1 aliphatic rings. The van der Waals surface area contributed by atoms with E-state index in [0.29, 0.717) is 12.5 Å². The minimum Gasteiger partial charge on any atom is -0.496 e. The molecule has 0 saturated heterocycles. The molecular formula is C18H24BrN3O2. The van der Waals surface area contributed by atoms with Crippen molar-refractivity contribution in [1.82, 2.24) is 14.9 Å². The smallest absolute Gasteiger partial charge is 0.133 e. The second kappa shape index (κ2) is 7.68. The molecule has 1 aromatic carbocycles. The number of aryl methyl sites for hydroxylation is 1. The van der Waals surface area contributed by atoms with Gasteiger partial charge in [-0.2, -0.15) is 0 Å². The maximum absolute atomic E-state index is 10.4. The van der Waals surface area contributed by atoms with Gasteiger partial charge in [0.05, 0.1) is 24.0 Å². The summed E-state index contributed by atoms with van der Waals surface area (Å²) in [5, 5.41) is 13.9. The van der Waals surface area contributed by atoms with Crippen LogP contribution in [0.5, 0.6) is 5.75 Å². The zero-order valence-corrected chi connectivity index (χ0v) is 15.7. The van der Waals surface area contributed by atoms with Crippen LogP contribution in [0.25, 0.3) is 0 Å². The van der Waals surface area contributed by atoms with Crippen LogP contribution in [0.15, 0.2) is 35.3 Å². The van der Waals surface area contributed by atoms with Gasteiger partial charge < -0.3 is 19.7 Å². The van der Waals surface area contributed by atoms with Gasteiger partial charge in [0.2, 0.25) is 0 Å². The summed E-state index contributed by atoms with van der Waals surface area (Å²) in [4.78, 5) is 4.08. The minimum atomic E-state index is -0.303. The average Bonchev–Trinajstić information content (AvgIpc) is 3.18. The quantitative estimate of drug-likeness (QED) is 0.791. The number of nitrogens with one attached hydrogen (secondary N) is 1. The van der Waals surface area contributed by atoms with Crippen LogP contribution in [-0.4, -0.2) is 33.9 Å². The van der Waals surface area contributed by atoms with Gasteiger partial charge >= 0.3 is 0 Å². The normalized spacial score (nSPS) is 23.6. The molecule has 3 atom stereocenters. The second-order valence-electron chi connectivity index (χ2n) is 6.53. The Balaban J connectivity index is 1.61. The van der Waals surface area contributed by atoms with Gasteiger partial charge in [0.15, 0.2) is 0 Å². The summed E-state index contributed by atoms with van der Waals surface area (Å²) in [5.74, 6) is 1.31. The van der Waals surface area contributed by atoms with Crippen molar-refractivity contribution in [2.75, 3.05) is 7.11 Å². The van der Waals surface area contributed by atoms with Crippen LogP contribution in [-0.2, 0) is 13.1 Å². The SMILES string of the molecule is COc1ccc(C)c(CN[C@@H]2CC(Cn3ccnc3)C[C@H]2O)c1Br. The maximum atomic E-state index is 10.4. The van der Waals surface area contributed by atoms with Gasteiger partial charge in [-0.3, -0.25) is 0 Å². The number of imidazole rings is 1. The Bertz CT molecular complexity index is 675. The van der Waals surface area contributed by atoms with E-state index in [4.69, 9.17) is 4.74 Å². The molecular weight excluding hydrogens is 370 g/mol. The number of benzene rings is 1. The zero-order chi connectivity index (χ0) is 17.1. The van der Waals surface area contributed by atoms with Crippen LogP contribution in [0.4, 0.5) is 0 Å². The Labute approximate surface area is 151 Å². The van der Waals surface area contributed by atoms with Crippen molar-refractivity contribution in [3.63, 3.8) is 0 Å². The number of rotatable bonds is 6. The fourth-order valence-electron chi connectivity index (χ4n) is 3.48. The third-order valence-electron chi connectivity index (χ3n) is 4.86. The Kier molecular flexibility index (Phi) is 5.58. The number of methoxy groups -OCH3 is 1. The predicted octanol–water partition coefficient (Wildman–Crippen LogP) is 2.89. The predicted molar refractivity (Wildman–Crippen MR) is 97.0 cm³/mol. The maximum Gasteiger partial charge on any atom is 0.133 e. The molecule has 0 radical (unpaired) electrons. The third-order valence-corrected chi connectivity index (χ3v) is 5.73. The third kappa shape index (κ3) is 3.82. The largest absolute Gasteiger partial charge is 0.496 e. The first-order chi connectivity index (χ1) is 11.6. The first-order valence-electron chi connectivity index (χ1n) is 8.27. The fourth-order valence-corrected chi connectivity index (χ4v) is 4.23. The van der Waals surface area contributed by atoms with Crippen molar-refractivity contribution in [1.29, 1.82) is 0 Å². The van der Waals surface area contributed by atoms with Gasteiger partial charge in [-0.1, -0.05) is 6.07 Å². The highest BCUT2D eigenvalue weighted by atomic mass is 79.9. The lowest BCUT2D eigenvalue weighted by molar-refractivity contribution is 0.145. The molecule has 3 rings (SSSR count). The number of hydrogen-bond acceptors (Lipinski definition) is 4. The van der Waals surface area contributed by atoms with Crippen molar-refractivity contribution >= 4 is 15.9 Å². The molecule has 6 heteroatoms. The molecule has 1 aliphatic carbocycles. The monoisotopic (exact) mass is 393 g/mol. The van der Waals surface area contributed by atoms with Crippen LogP contribution >= 0.6 is 15.9 Å². The molecule has 1 unspecified atom stereocenters. The van der Waals surface area contributed by atoms with Crippen LogP contribution in [0.2, 0.25) is 0 Å². The van der Waals surface area contributed by atoms with Crippen molar-refractivity contribution in [3.05, 3.63) is 46.5 Å². The first kappa shape index (κ1) is 17.5. The van der Waals surface area contributed by atoms with Gasteiger partial charge in [0, 0.05) is 31.5 Å². The molecule has 0 amide bonds. The van der Waals surface area contributed by atoms with E-state index in [0.717, 1.165) is 29.6 Å². The number of aliphatic hydroxyl groups is 1. The molecule has 1 saturated carbocycles. The van der Waals surface area contributed by atoms with Gasteiger partial charge in [-0.15, -0.1) is 0 Å². The molecule has 2 aromatic rings. The summed E-state index contributed by atoms with van der Waals surface area (Å²) < 4.78 is 8.45. The molecule has 5 nitrogen and oxygen atoms in total. The van der Waals surface area contributed by atoms with Crippen LogP contribution in [0.3, 0.4) is 0 Å². The van der Waals surface area contributed by atoms with Crippen LogP contribution in [0.1, 0.15) is 24.0 Å². The van der Waals surface area contributed by atoms with E-state index in [1.807, 2.05) is 18.6 Å². The Morgan fingerprint density at radius 2 is 2.25 bits per heavy atom. The topological polar surface area (TPSA) is 59.3 Å². The molecule has 1 aromatic heterocycles. The number of aliphatic hydroxyl groups excluding tert-OH is 1. The minimum absolute atomic E-state index is 0.121. The summed E-state index contributed by atoms with van der Waals surface area (Å²) in [5.41, 5.74) is 2.39. The molecule has 0 spiro atoms. The van der Waals surface area contributed by atoms with E-state index in [1.165, 1.54) is 11.1 Å². The number of hydrogen-bond donors (Lipinski definition) is 2. The molecule has 0 bridgehead atoms. The summed E-state index contributed by atoms with van der Waals surface area (Å²) >= 11 is 3.63. The standard InChI is InChI=1S/C18H24BrN3O2/c1-12-3-4-17(24-2)18(19)14(12)9-21-15-7-13(8-16(15)23)10-22-6-5-20-11-22/h3-6,11,13,15-16,21,23H,7-10H2,1-2H3/t13?,15-,16-/m1/s1. The number of ether oxygens (including phenoxy) is 1. The number of aromatic nitrogens is 2. The van der Waals surface area contributed by atoms with Crippen molar-refractivity contribution in [2.45, 2.75) is 45.0 Å². The number of halogens is 1. The molecule has 0 aliphatic heterocycles. The highest BCUT2D eigenvalue weighted by molar-refractivity contribution is 9.10. The van der Waals surface area contributed by atoms with E-state index in [9.17, 15) is 5.11 Å². The highest BCUT2D eigenvalue weighted by Gasteiger charge is 2.32. The Morgan fingerprint density at radius 1 is 1.42 bits per heavy atom. The summed E-state index contributed by atoms with van der Waals surface area (Å²) in [6.07, 6.45) is 7.11. The van der Waals surface area contributed by atoms with Crippen molar-refractivity contribution in [3.8, 4) is 5.75 Å². The summed E-state index contributed by atoms with van der Waals surface area (Å²) in [6.45, 7) is 3.72. The van der Waals surface area contributed by atoms with Gasteiger partial charge in [-0.05, 0) is 58.8 Å². The van der Waals surface area contributed by atoms with E-state index >= 15 is 0 Å². The average molecular weight is 394 g/mol. The van der Waals surface area contributed by atoms with Crippen molar-refractivity contribution < 1.29 is 9.84 Å². The second-order valence-corrected chi connectivity index (χ2v) is 7.32. The lowest BCUT2D eigenvalue weighted by Crippen LogP contribution is -2.35. The molecule has 2 N–H and O–H groups in total. The lowest BCUT2D eigenvalue weighted by atomic mass is 10.1. The van der Waals surface area contributed by atoms with Crippen LogP contribution < -0.4 is 10.1 Å². The van der Waals surface area contributed by atoms with E-state index < -0.39 is 0 Å². The first-order valence-corrected chi connectivity index (χ1v) is 9.07. The molecule has 130 valence electrons. The summed E-state index contributed by atoms with van der Waals surface area (Å²) in [6, 6.07) is 4.15. The Morgan fingerprint density at radius 3 is 2.96 bits per heavy atom. The highest BCUT2D eigenvalue weighted by Crippen LogP contribution is 2.32. The summed E-state index contributed by atoms with van der Waals surface area (Å²) in [7, 11) is 1.67. The van der Waals surface area contributed by atoms with E-state index in [1.54, 1.807) is 13.3 Å². The zero-order valence-electron chi connectivity index (χ0n) is 14.1. The van der Waals surface area contributed by atoms with Gasteiger partial charge in [0.25, 0.3) is 0 Å². The van der Waals surface area contributed by atoms with Gasteiger partial charge in [0.1, 0.15) is 5.75 Å². The molecule has 24 heavy (non-hydrogen) atoms. The molecule has 1 heterocycles. The van der Waals surface area contributed by atoms with E-state index in [-0.39, 0.29) is 12.1 Å². The fraction of sp³-hybridized carbons (Fsp3) is 0.500. The van der Waals surface area contributed by atoms with Crippen LogP contribution in [0, 0.1) is 12.8 Å². The number of nitrogens with zero attached hydrogens (tertiary/aromatic N) is 2. The van der Waals surface area contributed by atoms with Crippen molar-refractivity contribution in [2.24, 2.45) is 5.92 Å². The molecule has 1 fully saturated rings. The van der Waals surface area contributed by atoms with Gasteiger partial charge in [-0.25, -0.2) is 4.98 Å². The lowest BCUT2D eigenvalue weighted by Gasteiger charge is -2.19.